The number of anilines is 1. The Labute approximate surface area is 277 Å². The second-order valence-corrected chi connectivity index (χ2v) is 14.0. The van der Waals surface area contributed by atoms with Crippen molar-refractivity contribution in [2.24, 2.45) is 0 Å². The van der Waals surface area contributed by atoms with Gasteiger partial charge in [0.15, 0.2) is 0 Å². The van der Waals surface area contributed by atoms with Crippen LogP contribution in [0.5, 0.6) is 11.5 Å². The number of ether oxygens (including phenoxy) is 2. The predicted molar refractivity (Wildman–Crippen MR) is 183 cm³/mol. The molecule has 11 heteroatoms. The van der Waals surface area contributed by atoms with E-state index in [9.17, 15) is 18.0 Å². The highest BCUT2D eigenvalue weighted by atomic mass is 32.2. The van der Waals surface area contributed by atoms with Crippen molar-refractivity contribution < 1.29 is 27.5 Å². The molecule has 1 saturated carbocycles. The van der Waals surface area contributed by atoms with E-state index in [2.05, 4.69) is 5.32 Å². The number of amides is 2. The van der Waals surface area contributed by atoms with E-state index in [1.54, 1.807) is 67.8 Å². The molecular weight excluding hydrogens is 623 g/mol. The van der Waals surface area contributed by atoms with E-state index in [0.29, 0.717) is 24.5 Å². The monoisotopic (exact) mass is 667 g/mol. The summed E-state index contributed by atoms with van der Waals surface area (Å²) in [6, 6.07) is 19.9. The number of nitrogens with one attached hydrogen (secondary N) is 1. The molecule has 9 nitrogen and oxygen atoms in total. The van der Waals surface area contributed by atoms with E-state index < -0.39 is 28.5 Å². The molecule has 0 aromatic heterocycles. The first-order valence-electron chi connectivity index (χ1n) is 15.8. The molecule has 3 aromatic carbocycles. The average Bonchev–Trinajstić information content (AvgIpc) is 3.08. The first-order chi connectivity index (χ1) is 22.2. The summed E-state index contributed by atoms with van der Waals surface area (Å²) >= 11 is 1.51. The predicted octanol–water partition coefficient (Wildman–Crippen LogP) is 6.27. The smallest absolute Gasteiger partial charge is 0.264 e. The Bertz CT molecular complexity index is 1540. The maximum atomic E-state index is 14.5. The van der Waals surface area contributed by atoms with E-state index in [1.165, 1.54) is 16.7 Å². The number of para-hydroxylation sites is 2. The van der Waals surface area contributed by atoms with Crippen LogP contribution < -0.4 is 19.1 Å². The lowest BCUT2D eigenvalue weighted by Gasteiger charge is -2.34. The molecule has 0 spiro atoms. The number of sulfonamides is 1. The van der Waals surface area contributed by atoms with Gasteiger partial charge in [0.1, 0.15) is 24.1 Å². The topological polar surface area (TPSA) is 105 Å². The molecule has 1 aliphatic rings. The Kier molecular flexibility index (Phi) is 12.8. The summed E-state index contributed by atoms with van der Waals surface area (Å²) in [4.78, 5) is 30.7. The molecule has 46 heavy (non-hydrogen) atoms. The van der Waals surface area contributed by atoms with E-state index >= 15 is 0 Å². The average molecular weight is 668 g/mol. The number of carbonyl (C=O) groups is 2. The molecule has 0 saturated heterocycles. The summed E-state index contributed by atoms with van der Waals surface area (Å²) in [6.07, 6.45) is 7.35. The fraction of sp³-hybridized carbons (Fsp3) is 0.429. The van der Waals surface area contributed by atoms with Crippen LogP contribution in [-0.2, 0) is 26.2 Å². The van der Waals surface area contributed by atoms with Crippen molar-refractivity contribution in [3.8, 4) is 11.5 Å². The van der Waals surface area contributed by atoms with Crippen LogP contribution in [0.2, 0.25) is 0 Å². The minimum absolute atomic E-state index is 0.0492. The number of carbonyl (C=O) groups excluding carboxylic acids is 2. The van der Waals surface area contributed by atoms with Crippen molar-refractivity contribution in [1.29, 1.82) is 0 Å². The molecule has 248 valence electrons. The Morgan fingerprint density at radius 1 is 0.957 bits per heavy atom. The highest BCUT2D eigenvalue weighted by molar-refractivity contribution is 7.98. The van der Waals surface area contributed by atoms with Crippen molar-refractivity contribution in [2.45, 2.75) is 80.8 Å². The summed E-state index contributed by atoms with van der Waals surface area (Å²) in [5, 5.41) is 3.18. The van der Waals surface area contributed by atoms with Gasteiger partial charge < -0.3 is 19.7 Å². The minimum Gasteiger partial charge on any atom is -0.497 e. The number of benzene rings is 3. The molecular formula is C35H45N3O6S2. The number of methoxy groups -OCH3 is 1. The number of hydrogen-bond donors (Lipinski definition) is 1. The zero-order valence-corrected chi connectivity index (χ0v) is 28.7. The van der Waals surface area contributed by atoms with Gasteiger partial charge in [-0.3, -0.25) is 13.9 Å². The van der Waals surface area contributed by atoms with Gasteiger partial charge in [-0.2, -0.15) is 0 Å². The maximum absolute atomic E-state index is 14.5. The van der Waals surface area contributed by atoms with Gasteiger partial charge in [0.05, 0.1) is 24.3 Å². The normalized spacial score (nSPS) is 14.3. The van der Waals surface area contributed by atoms with Crippen molar-refractivity contribution in [1.82, 2.24) is 10.2 Å². The third-order valence-corrected chi connectivity index (χ3v) is 10.7. The standard InChI is InChI=1S/C35H45N3O6S2/c1-5-31(35(40)36-27-12-8-7-9-13-27)37(24-26-16-18-28(43-3)19-17-26)34(39)25-38(32-14-10-11-15-33(32)44-6-2)46(41,42)30-22-20-29(45-4)21-23-30/h10-11,14-23,27,31H,5-9,12-13,24-25H2,1-4H3,(H,36,40)/t31-/m1/s1. The Morgan fingerprint density at radius 3 is 2.24 bits per heavy atom. The van der Waals surface area contributed by atoms with Gasteiger partial charge >= 0.3 is 0 Å². The van der Waals surface area contributed by atoms with Gasteiger partial charge in [-0.05, 0) is 86.5 Å². The number of hydrogen-bond acceptors (Lipinski definition) is 7. The largest absolute Gasteiger partial charge is 0.497 e. The summed E-state index contributed by atoms with van der Waals surface area (Å²) in [7, 11) is -2.65. The van der Waals surface area contributed by atoms with Crippen molar-refractivity contribution in [3.05, 3.63) is 78.4 Å². The molecule has 1 fully saturated rings. The lowest BCUT2D eigenvalue weighted by atomic mass is 9.95. The lowest BCUT2D eigenvalue weighted by Crippen LogP contribution is -2.54. The fourth-order valence-corrected chi connectivity index (χ4v) is 7.55. The molecule has 1 aliphatic carbocycles. The van der Waals surface area contributed by atoms with Crippen LogP contribution in [0.15, 0.2) is 82.6 Å². The van der Waals surface area contributed by atoms with Gasteiger partial charge in [0.2, 0.25) is 11.8 Å². The van der Waals surface area contributed by atoms with Gasteiger partial charge in [-0.1, -0.05) is 50.5 Å². The van der Waals surface area contributed by atoms with E-state index in [-0.39, 0.29) is 29.1 Å². The Hall–Kier alpha value is -3.70. The summed E-state index contributed by atoms with van der Waals surface area (Å²) in [5.41, 5.74) is 1.03. The molecule has 4 rings (SSSR count). The quantitative estimate of drug-likeness (QED) is 0.191. The summed E-state index contributed by atoms with van der Waals surface area (Å²) < 4.78 is 40.9. The van der Waals surface area contributed by atoms with Crippen LogP contribution in [0.1, 0.15) is 57.9 Å². The molecule has 0 heterocycles. The first kappa shape index (κ1) is 35.2. The highest BCUT2D eigenvalue weighted by Crippen LogP contribution is 2.33. The second kappa shape index (κ2) is 16.7. The van der Waals surface area contributed by atoms with Crippen LogP contribution >= 0.6 is 11.8 Å². The molecule has 2 amide bonds. The fourth-order valence-electron chi connectivity index (χ4n) is 5.72. The minimum atomic E-state index is -4.23. The number of rotatable bonds is 15. The Balaban J connectivity index is 1.74. The molecule has 0 unspecified atom stereocenters. The first-order valence-corrected chi connectivity index (χ1v) is 18.5. The van der Waals surface area contributed by atoms with Crippen molar-refractivity contribution in [2.75, 3.05) is 30.8 Å². The second-order valence-electron chi connectivity index (χ2n) is 11.2. The van der Waals surface area contributed by atoms with E-state index in [1.807, 2.05) is 32.2 Å². The molecule has 3 aromatic rings. The maximum Gasteiger partial charge on any atom is 0.264 e. The van der Waals surface area contributed by atoms with Crippen molar-refractivity contribution in [3.63, 3.8) is 0 Å². The van der Waals surface area contributed by atoms with Gasteiger partial charge in [0, 0.05) is 17.5 Å². The van der Waals surface area contributed by atoms with Crippen LogP contribution in [-0.4, -0.2) is 63.7 Å². The van der Waals surface area contributed by atoms with E-state index in [4.69, 9.17) is 9.47 Å². The van der Waals surface area contributed by atoms with E-state index in [0.717, 1.165) is 46.9 Å². The van der Waals surface area contributed by atoms with Crippen LogP contribution in [0.25, 0.3) is 0 Å². The van der Waals surface area contributed by atoms with Crippen LogP contribution in [0, 0.1) is 0 Å². The lowest BCUT2D eigenvalue weighted by molar-refractivity contribution is -0.140. The van der Waals surface area contributed by atoms with Crippen LogP contribution in [0.3, 0.4) is 0 Å². The highest BCUT2D eigenvalue weighted by Gasteiger charge is 2.35. The number of thioether (sulfide) groups is 1. The molecule has 0 bridgehead atoms. The van der Waals surface area contributed by atoms with Gasteiger partial charge in [0.25, 0.3) is 10.0 Å². The third-order valence-electron chi connectivity index (χ3n) is 8.21. The molecule has 1 atom stereocenters. The SMILES string of the molecule is CCOc1ccccc1N(CC(=O)N(Cc1ccc(OC)cc1)[C@H](CC)C(=O)NC1CCCCC1)S(=O)(=O)c1ccc(SC)cc1. The van der Waals surface area contributed by atoms with Crippen molar-refractivity contribution >= 4 is 39.3 Å². The Morgan fingerprint density at radius 2 is 1.63 bits per heavy atom. The third kappa shape index (κ3) is 8.76. The zero-order chi connectivity index (χ0) is 33.1. The molecule has 1 N–H and O–H groups in total. The molecule has 0 radical (unpaired) electrons. The zero-order valence-electron chi connectivity index (χ0n) is 27.1. The van der Waals surface area contributed by atoms with Gasteiger partial charge in [-0.15, -0.1) is 11.8 Å². The molecule has 0 aliphatic heterocycles. The van der Waals surface area contributed by atoms with Crippen LogP contribution in [0.4, 0.5) is 5.69 Å². The summed E-state index contributed by atoms with van der Waals surface area (Å²) in [6.45, 7) is 3.58. The summed E-state index contributed by atoms with van der Waals surface area (Å²) in [5.74, 6) is 0.275. The van der Waals surface area contributed by atoms with Gasteiger partial charge in [-0.25, -0.2) is 8.42 Å². The number of nitrogens with zero attached hydrogens (tertiary/aromatic N) is 2.